The van der Waals surface area contributed by atoms with Crippen LogP contribution in [0.3, 0.4) is 0 Å². The molecule has 0 saturated carbocycles. The summed E-state index contributed by atoms with van der Waals surface area (Å²) in [4.78, 5) is 44.9. The number of aliphatic hydroxyl groups is 1. The summed E-state index contributed by atoms with van der Waals surface area (Å²) in [6, 6.07) is -1.15. The van der Waals surface area contributed by atoms with Gasteiger partial charge in [-0.25, -0.2) is 0 Å². The third-order valence-electron chi connectivity index (χ3n) is 2.04. The van der Waals surface area contributed by atoms with Gasteiger partial charge in [-0.2, -0.15) is 0 Å². The van der Waals surface area contributed by atoms with Gasteiger partial charge in [-0.3, -0.25) is 19.2 Å². The molecule has 8 nitrogen and oxygen atoms in total. The van der Waals surface area contributed by atoms with Crippen LogP contribution in [0.25, 0.3) is 0 Å². The molecule has 0 aliphatic heterocycles. The van der Waals surface area contributed by atoms with Crippen molar-refractivity contribution in [3.8, 4) is 0 Å². The number of aliphatic hydroxyl groups excluding tert-OH is 1. The number of amides is 3. The second-order valence-corrected chi connectivity index (χ2v) is 4.91. The van der Waals surface area contributed by atoms with E-state index in [2.05, 4.69) is 16.0 Å². The first-order chi connectivity index (χ1) is 9.40. The lowest BCUT2D eigenvalue weighted by atomic mass is 10.3. The molecular weight excluding hydrogens is 286 g/mol. The Morgan fingerprint density at radius 2 is 1.80 bits per heavy atom. The number of hydrogen-bond donors (Lipinski definition) is 4. The van der Waals surface area contributed by atoms with Gasteiger partial charge in [-0.15, -0.1) is 0 Å². The van der Waals surface area contributed by atoms with Crippen LogP contribution in [-0.4, -0.2) is 59.4 Å². The van der Waals surface area contributed by atoms with E-state index in [1.807, 2.05) is 0 Å². The van der Waals surface area contributed by atoms with E-state index in [1.54, 1.807) is 6.92 Å². The van der Waals surface area contributed by atoms with Gasteiger partial charge in [0.05, 0.1) is 18.9 Å². The van der Waals surface area contributed by atoms with Gasteiger partial charge in [0.15, 0.2) is 5.12 Å². The first-order valence-electron chi connectivity index (χ1n) is 5.98. The Hall–Kier alpha value is -1.61. The molecule has 0 saturated heterocycles. The maximum absolute atomic E-state index is 11.6. The number of rotatable bonds is 8. The number of nitrogens with one attached hydrogen (secondary N) is 3. The highest BCUT2D eigenvalue weighted by Gasteiger charge is 2.20. The highest BCUT2D eigenvalue weighted by Crippen LogP contribution is 1.99. The summed E-state index contributed by atoms with van der Waals surface area (Å²) in [7, 11) is 0. The van der Waals surface area contributed by atoms with Gasteiger partial charge in [-0.1, -0.05) is 11.8 Å². The smallest absolute Gasteiger partial charge is 0.245 e. The van der Waals surface area contributed by atoms with E-state index in [1.165, 1.54) is 6.92 Å². The van der Waals surface area contributed by atoms with Crippen molar-refractivity contribution in [2.24, 2.45) is 0 Å². The van der Waals surface area contributed by atoms with Crippen LogP contribution >= 0.6 is 11.8 Å². The molecule has 114 valence electrons. The highest BCUT2D eigenvalue weighted by atomic mass is 32.2. The molecular formula is C11H19N3O5S. The Kier molecular flexibility index (Phi) is 9.39. The minimum atomic E-state index is -1.15. The summed E-state index contributed by atoms with van der Waals surface area (Å²) >= 11 is 0.800. The molecule has 1 atom stereocenters. The third-order valence-corrected chi connectivity index (χ3v) is 2.85. The quantitative estimate of drug-likeness (QED) is 0.411. The average molecular weight is 305 g/mol. The van der Waals surface area contributed by atoms with Crippen molar-refractivity contribution >= 4 is 34.6 Å². The van der Waals surface area contributed by atoms with Crippen molar-refractivity contribution in [3.63, 3.8) is 0 Å². The Bertz CT molecular complexity index is 375. The largest absolute Gasteiger partial charge is 0.394 e. The maximum Gasteiger partial charge on any atom is 0.245 e. The SMILES string of the molecule is CCNC(=O)CNC(=O)C(CO)NC(=O)CSC(C)=O. The number of thioether (sulfide) groups is 1. The average Bonchev–Trinajstić information content (AvgIpc) is 2.40. The van der Waals surface area contributed by atoms with Gasteiger partial charge in [-0.05, 0) is 6.92 Å². The molecule has 0 heterocycles. The zero-order valence-corrected chi connectivity index (χ0v) is 12.2. The van der Waals surface area contributed by atoms with Gasteiger partial charge in [0, 0.05) is 13.5 Å². The van der Waals surface area contributed by atoms with E-state index >= 15 is 0 Å². The van der Waals surface area contributed by atoms with Crippen LogP contribution in [0.5, 0.6) is 0 Å². The second-order valence-electron chi connectivity index (χ2n) is 3.75. The highest BCUT2D eigenvalue weighted by molar-refractivity contribution is 8.14. The molecule has 0 rings (SSSR count). The number of carbonyl (C=O) groups excluding carboxylic acids is 4. The van der Waals surface area contributed by atoms with E-state index in [9.17, 15) is 19.2 Å². The molecule has 0 radical (unpaired) electrons. The van der Waals surface area contributed by atoms with Crippen LogP contribution in [0, 0.1) is 0 Å². The molecule has 0 aromatic rings. The van der Waals surface area contributed by atoms with Gasteiger partial charge >= 0.3 is 0 Å². The van der Waals surface area contributed by atoms with Crippen LogP contribution in [0.2, 0.25) is 0 Å². The van der Waals surface area contributed by atoms with Crippen molar-refractivity contribution < 1.29 is 24.3 Å². The summed E-state index contributed by atoms with van der Waals surface area (Å²) in [6.07, 6.45) is 0. The Labute approximate surface area is 121 Å². The van der Waals surface area contributed by atoms with Crippen molar-refractivity contribution in [1.29, 1.82) is 0 Å². The summed E-state index contributed by atoms with van der Waals surface area (Å²) in [5, 5.41) is 15.9. The summed E-state index contributed by atoms with van der Waals surface area (Å²) < 4.78 is 0. The van der Waals surface area contributed by atoms with Gasteiger partial charge in [0.25, 0.3) is 0 Å². The standard InChI is InChI=1S/C11H19N3O5S/c1-3-12-9(17)4-13-11(19)8(5-15)14-10(18)6-20-7(2)16/h8,15H,3-6H2,1-2H3,(H,12,17)(H,13,19)(H,14,18). The summed E-state index contributed by atoms with van der Waals surface area (Å²) in [5.74, 6) is -1.71. The van der Waals surface area contributed by atoms with Gasteiger partial charge in [0.2, 0.25) is 17.7 Å². The maximum atomic E-state index is 11.6. The summed E-state index contributed by atoms with van der Waals surface area (Å²) in [5.41, 5.74) is 0. The lowest BCUT2D eigenvalue weighted by molar-refractivity contribution is -0.130. The molecule has 3 amide bonds. The third kappa shape index (κ3) is 8.48. The fourth-order valence-electron chi connectivity index (χ4n) is 1.15. The molecule has 0 bridgehead atoms. The fourth-order valence-corrected chi connectivity index (χ4v) is 1.57. The number of likely N-dealkylation sites (N-methyl/N-ethyl adjacent to an activating group) is 1. The lowest BCUT2D eigenvalue weighted by Gasteiger charge is -2.15. The second kappa shape index (κ2) is 10.2. The molecule has 4 N–H and O–H groups in total. The Morgan fingerprint density at radius 1 is 1.15 bits per heavy atom. The van der Waals surface area contributed by atoms with Crippen LogP contribution in [-0.2, 0) is 19.2 Å². The normalized spacial score (nSPS) is 11.3. The zero-order chi connectivity index (χ0) is 15.5. The van der Waals surface area contributed by atoms with Crippen LogP contribution in [0.4, 0.5) is 0 Å². The molecule has 9 heteroatoms. The van der Waals surface area contributed by atoms with E-state index in [0.717, 1.165) is 11.8 Å². The van der Waals surface area contributed by atoms with E-state index in [4.69, 9.17) is 5.11 Å². The molecule has 0 aromatic heterocycles. The first-order valence-corrected chi connectivity index (χ1v) is 6.97. The predicted molar refractivity (Wildman–Crippen MR) is 73.8 cm³/mol. The first kappa shape index (κ1) is 18.4. The minimum Gasteiger partial charge on any atom is -0.394 e. The molecule has 0 aliphatic carbocycles. The van der Waals surface area contributed by atoms with Crippen LogP contribution in [0.15, 0.2) is 0 Å². The topological polar surface area (TPSA) is 125 Å². The van der Waals surface area contributed by atoms with Crippen LogP contribution < -0.4 is 16.0 Å². The van der Waals surface area contributed by atoms with Gasteiger partial charge < -0.3 is 21.1 Å². The van der Waals surface area contributed by atoms with Crippen molar-refractivity contribution in [2.45, 2.75) is 19.9 Å². The minimum absolute atomic E-state index is 0.130. The van der Waals surface area contributed by atoms with Gasteiger partial charge in [0.1, 0.15) is 6.04 Å². The monoisotopic (exact) mass is 305 g/mol. The summed E-state index contributed by atoms with van der Waals surface area (Å²) in [6.45, 7) is 2.67. The zero-order valence-electron chi connectivity index (χ0n) is 11.4. The van der Waals surface area contributed by atoms with Crippen molar-refractivity contribution in [1.82, 2.24) is 16.0 Å². The number of hydrogen-bond acceptors (Lipinski definition) is 6. The van der Waals surface area contributed by atoms with E-state index in [0.29, 0.717) is 6.54 Å². The number of carbonyl (C=O) groups is 4. The fraction of sp³-hybridized carbons (Fsp3) is 0.636. The molecule has 0 fully saturated rings. The molecule has 0 spiro atoms. The van der Waals surface area contributed by atoms with Crippen LogP contribution in [0.1, 0.15) is 13.8 Å². The van der Waals surface area contributed by atoms with Crippen molar-refractivity contribution in [3.05, 3.63) is 0 Å². The molecule has 0 aromatic carbocycles. The molecule has 20 heavy (non-hydrogen) atoms. The Balaban J connectivity index is 4.17. The van der Waals surface area contributed by atoms with Crippen molar-refractivity contribution in [2.75, 3.05) is 25.4 Å². The molecule has 0 aliphatic rings. The Morgan fingerprint density at radius 3 is 2.30 bits per heavy atom. The molecule has 1 unspecified atom stereocenters. The lowest BCUT2D eigenvalue weighted by Crippen LogP contribution is -2.51. The van der Waals surface area contributed by atoms with E-state index in [-0.39, 0.29) is 23.3 Å². The predicted octanol–water partition coefficient (Wildman–Crippen LogP) is -2.00. The van der Waals surface area contributed by atoms with E-state index < -0.39 is 24.5 Å².